The van der Waals surface area contributed by atoms with Crippen LogP contribution in [0.3, 0.4) is 0 Å². The molecule has 0 aromatic heterocycles. The Bertz CT molecular complexity index is 560. The quantitative estimate of drug-likeness (QED) is 0.505. The molecule has 0 heterocycles. The van der Waals surface area contributed by atoms with Crippen molar-refractivity contribution >= 4 is 12.0 Å². The summed E-state index contributed by atoms with van der Waals surface area (Å²) in [7, 11) is 7.41. The Morgan fingerprint density at radius 3 is 1.58 bits per heavy atom. The van der Waals surface area contributed by atoms with Crippen LogP contribution in [-0.2, 0) is 9.53 Å². The molecule has 0 aliphatic rings. The van der Waals surface area contributed by atoms with E-state index in [1.807, 2.05) is 6.92 Å². The average Bonchev–Trinajstić information content (AvgIpc) is 2.61. The predicted molar refractivity (Wildman–Crippen MR) is 89.5 cm³/mol. The molecule has 0 fully saturated rings. The van der Waals surface area contributed by atoms with Crippen LogP contribution < -0.4 is 23.7 Å². The zero-order valence-electron chi connectivity index (χ0n) is 14.9. The fraction of sp³-hybridized carbons (Fsp3) is 0.471. The van der Waals surface area contributed by atoms with Gasteiger partial charge in [-0.05, 0) is 12.5 Å². The number of hydrogen-bond donors (Lipinski definition) is 0. The summed E-state index contributed by atoms with van der Waals surface area (Å²) >= 11 is 0. The second kappa shape index (κ2) is 9.54. The van der Waals surface area contributed by atoms with Crippen LogP contribution in [0.1, 0.15) is 18.9 Å². The number of benzene rings is 1. The number of carbonyl (C=O) groups is 1. The minimum atomic E-state index is -0.463. The van der Waals surface area contributed by atoms with Crippen molar-refractivity contribution in [2.24, 2.45) is 0 Å². The summed E-state index contributed by atoms with van der Waals surface area (Å²) in [6.07, 6.45) is 3.57. The van der Waals surface area contributed by atoms with Crippen molar-refractivity contribution in [1.29, 1.82) is 0 Å². The topological polar surface area (TPSA) is 72.5 Å². The second-order valence-corrected chi connectivity index (χ2v) is 4.58. The lowest BCUT2D eigenvalue weighted by Gasteiger charge is -2.20. The van der Waals surface area contributed by atoms with Crippen molar-refractivity contribution in [1.82, 2.24) is 0 Å². The van der Waals surface area contributed by atoms with Gasteiger partial charge in [-0.1, -0.05) is 6.92 Å². The van der Waals surface area contributed by atoms with E-state index < -0.39 is 5.97 Å². The Hall–Kier alpha value is -2.57. The minimum absolute atomic E-state index is 0.333. The molecule has 7 nitrogen and oxygen atoms in total. The number of ether oxygens (including phenoxy) is 6. The highest BCUT2D eigenvalue weighted by molar-refractivity contribution is 5.90. The normalized spacial score (nSPS) is 10.4. The van der Waals surface area contributed by atoms with Gasteiger partial charge < -0.3 is 28.4 Å². The van der Waals surface area contributed by atoms with Crippen molar-refractivity contribution in [3.8, 4) is 28.7 Å². The van der Waals surface area contributed by atoms with Gasteiger partial charge in [0.15, 0.2) is 11.5 Å². The first kappa shape index (κ1) is 19.5. The highest BCUT2D eigenvalue weighted by atomic mass is 16.6. The molecule has 24 heavy (non-hydrogen) atoms. The van der Waals surface area contributed by atoms with E-state index in [2.05, 4.69) is 0 Å². The third-order valence-electron chi connectivity index (χ3n) is 3.17. The van der Waals surface area contributed by atoms with E-state index in [0.29, 0.717) is 40.9 Å². The fourth-order valence-corrected chi connectivity index (χ4v) is 2.17. The molecular weight excluding hydrogens is 316 g/mol. The Balaban J connectivity index is 3.51. The van der Waals surface area contributed by atoms with Gasteiger partial charge in [-0.2, -0.15) is 0 Å². The smallest absolute Gasteiger partial charge is 0.330 e. The van der Waals surface area contributed by atoms with E-state index in [1.54, 1.807) is 0 Å². The molecule has 0 aliphatic heterocycles. The number of esters is 1. The van der Waals surface area contributed by atoms with E-state index >= 15 is 0 Å². The molecule has 134 valence electrons. The van der Waals surface area contributed by atoms with Crippen LogP contribution in [0.15, 0.2) is 6.08 Å². The zero-order valence-corrected chi connectivity index (χ0v) is 14.9. The Morgan fingerprint density at radius 2 is 1.21 bits per heavy atom. The van der Waals surface area contributed by atoms with Crippen LogP contribution in [-0.4, -0.2) is 48.1 Å². The van der Waals surface area contributed by atoms with Crippen molar-refractivity contribution in [2.75, 3.05) is 42.2 Å². The van der Waals surface area contributed by atoms with Gasteiger partial charge in [0.2, 0.25) is 17.2 Å². The maximum absolute atomic E-state index is 11.7. The van der Waals surface area contributed by atoms with Crippen molar-refractivity contribution in [2.45, 2.75) is 13.3 Å². The first-order chi connectivity index (χ1) is 11.6. The lowest BCUT2D eigenvalue weighted by atomic mass is 10.1. The first-order valence-electron chi connectivity index (χ1n) is 7.38. The fourth-order valence-electron chi connectivity index (χ4n) is 2.17. The summed E-state index contributed by atoms with van der Waals surface area (Å²) in [5.41, 5.74) is 0.475. The average molecular weight is 340 g/mol. The maximum atomic E-state index is 11.7. The van der Waals surface area contributed by atoms with Crippen molar-refractivity contribution in [3.05, 3.63) is 11.6 Å². The van der Waals surface area contributed by atoms with Gasteiger partial charge in [0, 0.05) is 6.08 Å². The van der Waals surface area contributed by atoms with E-state index in [9.17, 15) is 4.79 Å². The molecule has 0 unspecified atom stereocenters. The number of carbonyl (C=O) groups excluding carboxylic acids is 1. The van der Waals surface area contributed by atoms with E-state index in [-0.39, 0.29) is 0 Å². The molecule has 1 aromatic carbocycles. The molecule has 7 heteroatoms. The van der Waals surface area contributed by atoms with E-state index in [4.69, 9.17) is 28.4 Å². The molecule has 0 atom stereocenters. The third-order valence-corrected chi connectivity index (χ3v) is 3.17. The summed E-state index contributed by atoms with van der Waals surface area (Å²) < 4.78 is 32.0. The van der Waals surface area contributed by atoms with Crippen LogP contribution in [0.2, 0.25) is 0 Å². The predicted octanol–water partition coefficient (Wildman–Crippen LogP) is 2.70. The molecule has 0 aliphatic carbocycles. The molecule has 1 rings (SSSR count). The Labute approximate surface area is 142 Å². The van der Waals surface area contributed by atoms with Crippen LogP contribution in [0.25, 0.3) is 6.08 Å². The highest BCUT2D eigenvalue weighted by Gasteiger charge is 2.27. The van der Waals surface area contributed by atoms with Crippen molar-refractivity contribution in [3.63, 3.8) is 0 Å². The summed E-state index contributed by atoms with van der Waals surface area (Å²) in [6, 6.07) is 0. The molecule has 0 radical (unpaired) electrons. The van der Waals surface area contributed by atoms with Crippen LogP contribution in [0, 0.1) is 0 Å². The van der Waals surface area contributed by atoms with Gasteiger partial charge >= 0.3 is 5.97 Å². The summed E-state index contributed by atoms with van der Waals surface area (Å²) in [6.45, 7) is 2.27. The summed E-state index contributed by atoms with van der Waals surface area (Å²) in [4.78, 5) is 11.7. The van der Waals surface area contributed by atoms with Gasteiger partial charge in [-0.15, -0.1) is 0 Å². The number of hydrogen-bond acceptors (Lipinski definition) is 7. The summed E-state index contributed by atoms with van der Waals surface area (Å²) in [5, 5.41) is 0. The molecule has 0 bridgehead atoms. The van der Waals surface area contributed by atoms with E-state index in [0.717, 1.165) is 6.42 Å². The standard InChI is InChI=1S/C17H24O7/c1-7-10-24-12(18)9-8-11-13(19-2)15(21-4)17(23-6)16(22-5)14(11)20-3/h8-9H,7,10H2,1-6H3. The largest absolute Gasteiger partial charge is 0.492 e. The van der Waals surface area contributed by atoms with Crippen LogP contribution >= 0.6 is 0 Å². The molecule has 0 spiro atoms. The van der Waals surface area contributed by atoms with Gasteiger partial charge in [-0.3, -0.25) is 0 Å². The zero-order chi connectivity index (χ0) is 18.1. The minimum Gasteiger partial charge on any atom is -0.492 e. The monoisotopic (exact) mass is 340 g/mol. The number of rotatable bonds is 9. The maximum Gasteiger partial charge on any atom is 0.330 e. The Kier molecular flexibility index (Phi) is 7.74. The Morgan fingerprint density at radius 1 is 0.792 bits per heavy atom. The summed E-state index contributed by atoms with van der Waals surface area (Å²) in [5.74, 6) is 1.24. The molecule has 0 saturated carbocycles. The first-order valence-corrected chi connectivity index (χ1v) is 7.38. The number of methoxy groups -OCH3 is 5. The van der Waals surface area contributed by atoms with E-state index in [1.165, 1.54) is 47.7 Å². The van der Waals surface area contributed by atoms with Crippen LogP contribution in [0.4, 0.5) is 0 Å². The molecular formula is C17H24O7. The second-order valence-electron chi connectivity index (χ2n) is 4.58. The van der Waals surface area contributed by atoms with Gasteiger partial charge in [-0.25, -0.2) is 4.79 Å². The molecule has 0 N–H and O–H groups in total. The molecule has 1 aromatic rings. The lowest BCUT2D eigenvalue weighted by molar-refractivity contribution is -0.137. The van der Waals surface area contributed by atoms with Crippen molar-refractivity contribution < 1.29 is 33.2 Å². The molecule has 0 amide bonds. The van der Waals surface area contributed by atoms with Crippen LogP contribution in [0.5, 0.6) is 28.7 Å². The third kappa shape index (κ3) is 4.04. The van der Waals surface area contributed by atoms with Gasteiger partial charge in [0.25, 0.3) is 0 Å². The van der Waals surface area contributed by atoms with Gasteiger partial charge in [0.1, 0.15) is 0 Å². The lowest BCUT2D eigenvalue weighted by Crippen LogP contribution is -2.04. The highest BCUT2D eigenvalue weighted by Crippen LogP contribution is 2.53. The SMILES string of the molecule is CCCOC(=O)C=Cc1c(OC)c(OC)c(OC)c(OC)c1OC. The van der Waals surface area contributed by atoms with Gasteiger partial charge in [0.05, 0.1) is 47.7 Å². The molecule has 0 saturated heterocycles.